The van der Waals surface area contributed by atoms with E-state index in [4.69, 9.17) is 9.47 Å². The molecule has 0 N–H and O–H groups in total. The Bertz CT molecular complexity index is 1080. The van der Waals surface area contributed by atoms with Gasteiger partial charge >= 0.3 is 11.9 Å². The van der Waals surface area contributed by atoms with Gasteiger partial charge in [0.2, 0.25) is 0 Å². The second-order valence-electron chi connectivity index (χ2n) is 5.66. The van der Waals surface area contributed by atoms with Crippen LogP contribution in [0.5, 0.6) is 0 Å². The Balaban J connectivity index is 1.86. The molecule has 1 aromatic heterocycles. The van der Waals surface area contributed by atoms with Crippen LogP contribution in [0.15, 0.2) is 59.4 Å². The van der Waals surface area contributed by atoms with Gasteiger partial charge in [-0.1, -0.05) is 24.8 Å². The van der Waals surface area contributed by atoms with Gasteiger partial charge in [0.1, 0.15) is 13.2 Å². The Morgan fingerprint density at radius 3 is 2.46 bits per heavy atom. The lowest BCUT2D eigenvalue weighted by molar-refractivity contribution is -0.140. The second-order valence-corrected chi connectivity index (χ2v) is 6.71. The van der Waals surface area contributed by atoms with Crippen LogP contribution < -0.4 is 5.43 Å². The first-order valence-corrected chi connectivity index (χ1v) is 8.75. The van der Waals surface area contributed by atoms with Crippen LogP contribution >= 0.6 is 11.3 Å². The molecule has 1 heterocycles. The van der Waals surface area contributed by atoms with Gasteiger partial charge in [-0.05, 0) is 31.2 Å². The summed E-state index contributed by atoms with van der Waals surface area (Å²) in [5, 5.41) is 1.11. The highest BCUT2D eigenvalue weighted by Crippen LogP contribution is 2.27. The van der Waals surface area contributed by atoms with E-state index in [9.17, 15) is 14.4 Å². The van der Waals surface area contributed by atoms with Gasteiger partial charge in [-0.3, -0.25) is 4.79 Å². The molecule has 3 aromatic rings. The van der Waals surface area contributed by atoms with Crippen molar-refractivity contribution in [3.63, 3.8) is 0 Å². The first-order valence-electron chi connectivity index (χ1n) is 7.93. The zero-order valence-corrected chi connectivity index (χ0v) is 14.9. The van der Waals surface area contributed by atoms with Crippen molar-refractivity contribution < 1.29 is 19.1 Å². The minimum atomic E-state index is -0.562. The Labute approximate surface area is 153 Å². The highest BCUT2D eigenvalue weighted by Gasteiger charge is 2.15. The standard InChI is InChI=1S/C20H16O5S/c1-12(2)19(22)24-10-11-25-20(23)15-8-5-7-14-17(21)13-6-3-4-9-16(13)26-18(14)15/h3-9H,1,10-11H2,2H3. The van der Waals surface area contributed by atoms with E-state index < -0.39 is 11.9 Å². The van der Waals surface area contributed by atoms with Gasteiger partial charge in [0.05, 0.1) is 10.3 Å². The molecule has 0 aliphatic heterocycles. The van der Waals surface area contributed by atoms with Gasteiger partial charge in [-0.15, -0.1) is 11.3 Å². The number of carbonyl (C=O) groups is 2. The monoisotopic (exact) mass is 368 g/mol. The summed E-state index contributed by atoms with van der Waals surface area (Å²) in [4.78, 5) is 36.4. The molecule has 0 saturated carbocycles. The largest absolute Gasteiger partial charge is 0.459 e. The van der Waals surface area contributed by atoms with Crippen molar-refractivity contribution in [2.75, 3.05) is 13.2 Å². The van der Waals surface area contributed by atoms with Gasteiger partial charge in [0.15, 0.2) is 5.43 Å². The number of fused-ring (bicyclic) bond motifs is 2. The summed E-state index contributed by atoms with van der Waals surface area (Å²) in [5.41, 5.74) is 0.489. The van der Waals surface area contributed by atoms with E-state index in [0.717, 1.165) is 4.70 Å². The first kappa shape index (κ1) is 17.8. The molecule has 5 nitrogen and oxygen atoms in total. The summed E-state index contributed by atoms with van der Waals surface area (Å²) < 4.78 is 11.5. The Morgan fingerprint density at radius 1 is 1.00 bits per heavy atom. The fourth-order valence-electron chi connectivity index (χ4n) is 2.45. The zero-order valence-electron chi connectivity index (χ0n) is 14.1. The molecular formula is C20H16O5S. The number of esters is 2. The molecule has 0 amide bonds. The van der Waals surface area contributed by atoms with E-state index in [2.05, 4.69) is 6.58 Å². The average Bonchev–Trinajstić information content (AvgIpc) is 2.64. The number of hydrogen-bond acceptors (Lipinski definition) is 6. The topological polar surface area (TPSA) is 69.7 Å². The number of carbonyl (C=O) groups excluding carboxylic acids is 2. The summed E-state index contributed by atoms with van der Waals surface area (Å²) in [7, 11) is 0. The lowest BCUT2D eigenvalue weighted by atomic mass is 10.1. The molecule has 26 heavy (non-hydrogen) atoms. The molecule has 0 fully saturated rings. The molecule has 0 aliphatic rings. The van der Waals surface area contributed by atoms with E-state index >= 15 is 0 Å². The third kappa shape index (κ3) is 3.50. The van der Waals surface area contributed by atoms with Gasteiger partial charge < -0.3 is 9.47 Å². The van der Waals surface area contributed by atoms with Crippen molar-refractivity contribution in [1.29, 1.82) is 0 Å². The lowest BCUT2D eigenvalue weighted by Crippen LogP contribution is -2.14. The zero-order chi connectivity index (χ0) is 18.7. The highest BCUT2D eigenvalue weighted by atomic mass is 32.1. The summed E-state index contributed by atoms with van der Waals surface area (Å²) >= 11 is 1.37. The fourth-order valence-corrected chi connectivity index (χ4v) is 3.62. The maximum atomic E-state index is 12.7. The number of hydrogen-bond donors (Lipinski definition) is 0. The van der Waals surface area contributed by atoms with Crippen LogP contribution in [-0.4, -0.2) is 25.2 Å². The van der Waals surface area contributed by atoms with Gasteiger partial charge in [0, 0.05) is 21.0 Å². The van der Waals surface area contributed by atoms with Crippen molar-refractivity contribution in [3.8, 4) is 0 Å². The Kier molecular flexibility index (Phi) is 5.14. The van der Waals surface area contributed by atoms with Crippen molar-refractivity contribution in [3.05, 3.63) is 70.4 Å². The molecule has 132 valence electrons. The summed E-state index contributed by atoms with van der Waals surface area (Å²) in [5.74, 6) is -1.09. The molecule has 0 radical (unpaired) electrons. The second kappa shape index (κ2) is 7.49. The summed E-state index contributed by atoms with van der Waals surface area (Å²) in [6.07, 6.45) is 0. The average molecular weight is 368 g/mol. The fraction of sp³-hybridized carbons (Fsp3) is 0.150. The van der Waals surface area contributed by atoms with Crippen LogP contribution in [-0.2, 0) is 14.3 Å². The van der Waals surface area contributed by atoms with Crippen LogP contribution in [0.3, 0.4) is 0 Å². The molecule has 2 aromatic carbocycles. The van der Waals surface area contributed by atoms with Gasteiger partial charge in [-0.2, -0.15) is 0 Å². The molecule has 0 aliphatic carbocycles. The number of ether oxygens (including phenoxy) is 2. The predicted molar refractivity (Wildman–Crippen MR) is 102 cm³/mol. The first-order chi connectivity index (χ1) is 12.5. The normalized spacial score (nSPS) is 10.7. The smallest absolute Gasteiger partial charge is 0.339 e. The van der Waals surface area contributed by atoms with E-state index in [1.165, 1.54) is 18.3 Å². The van der Waals surface area contributed by atoms with Crippen molar-refractivity contribution in [2.24, 2.45) is 0 Å². The van der Waals surface area contributed by atoms with Crippen LogP contribution in [0.25, 0.3) is 20.2 Å². The summed E-state index contributed by atoms with van der Waals surface area (Å²) in [6.45, 7) is 4.88. The third-order valence-electron chi connectivity index (χ3n) is 3.72. The molecule has 0 saturated heterocycles. The van der Waals surface area contributed by atoms with E-state index in [-0.39, 0.29) is 24.2 Å². The lowest BCUT2D eigenvalue weighted by Gasteiger charge is -2.08. The number of rotatable bonds is 5. The Morgan fingerprint density at radius 2 is 1.69 bits per heavy atom. The minimum absolute atomic E-state index is 0.0542. The van der Waals surface area contributed by atoms with Crippen molar-refractivity contribution >= 4 is 43.4 Å². The van der Waals surface area contributed by atoms with Gasteiger partial charge in [0.25, 0.3) is 0 Å². The maximum Gasteiger partial charge on any atom is 0.339 e. The molecule has 0 atom stereocenters. The van der Waals surface area contributed by atoms with Crippen molar-refractivity contribution in [2.45, 2.75) is 6.92 Å². The molecule has 0 spiro atoms. The number of benzene rings is 2. The van der Waals surface area contributed by atoms with E-state index in [0.29, 0.717) is 21.0 Å². The van der Waals surface area contributed by atoms with Crippen LogP contribution in [0, 0.1) is 0 Å². The van der Waals surface area contributed by atoms with Crippen LogP contribution in [0.2, 0.25) is 0 Å². The quantitative estimate of drug-likeness (QED) is 0.297. The molecule has 0 bridgehead atoms. The predicted octanol–water partition coefficient (Wildman–Crippen LogP) is 3.69. The maximum absolute atomic E-state index is 12.7. The van der Waals surface area contributed by atoms with Crippen LogP contribution in [0.1, 0.15) is 17.3 Å². The molecule has 0 unspecified atom stereocenters. The minimum Gasteiger partial charge on any atom is -0.459 e. The molecular weight excluding hydrogens is 352 g/mol. The third-order valence-corrected chi connectivity index (χ3v) is 4.94. The SMILES string of the molecule is C=C(C)C(=O)OCCOC(=O)c1cccc2c(=O)c3ccccc3sc12. The van der Waals surface area contributed by atoms with Crippen LogP contribution in [0.4, 0.5) is 0 Å². The summed E-state index contributed by atoms with van der Waals surface area (Å²) in [6, 6.07) is 12.3. The van der Waals surface area contributed by atoms with Gasteiger partial charge in [-0.25, -0.2) is 9.59 Å². The molecule has 6 heteroatoms. The highest BCUT2D eigenvalue weighted by molar-refractivity contribution is 7.24. The van der Waals surface area contributed by atoms with E-state index in [1.54, 1.807) is 24.3 Å². The molecule has 3 rings (SSSR count). The van der Waals surface area contributed by atoms with Crippen molar-refractivity contribution in [1.82, 2.24) is 0 Å². The Hall–Kier alpha value is -2.99. The van der Waals surface area contributed by atoms with E-state index in [1.807, 2.05) is 18.2 Å².